The molecule has 0 radical (unpaired) electrons. The van der Waals surface area contributed by atoms with Crippen molar-refractivity contribution in [3.05, 3.63) is 82.9 Å². The van der Waals surface area contributed by atoms with Crippen LogP contribution in [0.1, 0.15) is 62.3 Å². The van der Waals surface area contributed by atoms with Gasteiger partial charge < -0.3 is 14.9 Å². The van der Waals surface area contributed by atoms with E-state index in [1.165, 1.54) is 0 Å². The minimum Gasteiger partial charge on any atom is -0.507 e. The second kappa shape index (κ2) is 10.0. The van der Waals surface area contributed by atoms with Crippen molar-refractivity contribution in [1.29, 1.82) is 0 Å². The number of aliphatic hydroxyl groups is 1. The highest BCUT2D eigenvalue weighted by Crippen LogP contribution is 2.45. The van der Waals surface area contributed by atoms with E-state index in [4.69, 9.17) is 4.74 Å². The molecule has 0 aliphatic rings. The molecule has 0 amide bonds. The molecule has 0 spiro atoms. The smallest absolute Gasteiger partial charge is 0.134 e. The molecule has 0 aliphatic carbocycles. The monoisotopic (exact) mass is 418 g/mol. The Labute approximate surface area is 186 Å². The van der Waals surface area contributed by atoms with E-state index < -0.39 is 5.60 Å². The summed E-state index contributed by atoms with van der Waals surface area (Å²) in [4.78, 5) is 0. The van der Waals surface area contributed by atoms with Crippen LogP contribution in [0.4, 0.5) is 0 Å². The van der Waals surface area contributed by atoms with Gasteiger partial charge in [0.2, 0.25) is 0 Å². The Bertz CT molecular complexity index is 1000. The summed E-state index contributed by atoms with van der Waals surface area (Å²) < 4.78 is 6.39. The lowest BCUT2D eigenvalue weighted by atomic mass is 9.86. The molecule has 0 aromatic heterocycles. The molecular weight excluding hydrogens is 384 g/mol. The Morgan fingerprint density at radius 2 is 1.68 bits per heavy atom. The number of hydrogen-bond acceptors (Lipinski definition) is 3. The van der Waals surface area contributed by atoms with Gasteiger partial charge >= 0.3 is 0 Å². The van der Waals surface area contributed by atoms with Gasteiger partial charge in [-0.2, -0.15) is 0 Å². The summed E-state index contributed by atoms with van der Waals surface area (Å²) in [6.45, 7) is 8.17. The highest BCUT2D eigenvalue weighted by atomic mass is 16.5. The number of aromatic hydroxyl groups is 1. The van der Waals surface area contributed by atoms with Crippen LogP contribution in [-0.4, -0.2) is 10.2 Å². The second-order valence-corrected chi connectivity index (χ2v) is 8.79. The topological polar surface area (TPSA) is 49.7 Å². The minimum absolute atomic E-state index is 0.165. The number of phenolic OH excluding ortho intramolecular Hbond substituents is 1. The third kappa shape index (κ3) is 5.68. The van der Waals surface area contributed by atoms with Gasteiger partial charge in [-0.15, -0.1) is 0 Å². The van der Waals surface area contributed by atoms with Gasteiger partial charge in [0.15, 0.2) is 0 Å². The predicted molar refractivity (Wildman–Crippen MR) is 128 cm³/mol. The minimum atomic E-state index is -1.05. The first kappa shape index (κ1) is 22.9. The Hall–Kier alpha value is -2.78. The van der Waals surface area contributed by atoms with Crippen molar-refractivity contribution in [2.24, 2.45) is 0 Å². The Balaban J connectivity index is 2.14. The zero-order chi connectivity index (χ0) is 22.4. The molecule has 164 valence electrons. The van der Waals surface area contributed by atoms with Crippen LogP contribution in [-0.2, 0) is 18.6 Å². The molecule has 0 bridgehead atoms. The number of benzene rings is 3. The number of hydrogen-bond donors (Lipinski definition) is 2. The SMILES string of the molecule is CCCCCc1ccc(O)c(-c2cc(C)ccc2C(C)(C)O)c1OCc1ccccc1. The molecular formula is C28H34O3. The number of rotatable bonds is 9. The van der Waals surface area contributed by atoms with Gasteiger partial charge in [-0.25, -0.2) is 0 Å². The summed E-state index contributed by atoms with van der Waals surface area (Å²) >= 11 is 0. The fourth-order valence-electron chi connectivity index (χ4n) is 3.93. The maximum Gasteiger partial charge on any atom is 0.134 e. The third-order valence-corrected chi connectivity index (χ3v) is 5.60. The van der Waals surface area contributed by atoms with E-state index in [1.54, 1.807) is 19.9 Å². The summed E-state index contributed by atoms with van der Waals surface area (Å²) in [6.07, 6.45) is 4.24. The Morgan fingerprint density at radius 1 is 0.935 bits per heavy atom. The molecule has 0 atom stereocenters. The van der Waals surface area contributed by atoms with E-state index in [9.17, 15) is 10.2 Å². The molecule has 0 unspecified atom stereocenters. The van der Waals surface area contributed by atoms with E-state index in [0.29, 0.717) is 17.9 Å². The van der Waals surface area contributed by atoms with Crippen LogP contribution in [0.5, 0.6) is 11.5 Å². The first-order valence-corrected chi connectivity index (χ1v) is 11.2. The Morgan fingerprint density at radius 3 is 2.35 bits per heavy atom. The fourth-order valence-corrected chi connectivity index (χ4v) is 3.93. The van der Waals surface area contributed by atoms with Crippen molar-refractivity contribution in [2.45, 2.75) is 65.6 Å². The van der Waals surface area contributed by atoms with Crippen LogP contribution in [0.3, 0.4) is 0 Å². The van der Waals surface area contributed by atoms with E-state index in [0.717, 1.165) is 53.5 Å². The van der Waals surface area contributed by atoms with Crippen molar-refractivity contribution in [3.8, 4) is 22.6 Å². The lowest BCUT2D eigenvalue weighted by molar-refractivity contribution is 0.0792. The van der Waals surface area contributed by atoms with E-state index >= 15 is 0 Å². The van der Waals surface area contributed by atoms with Crippen LogP contribution >= 0.6 is 0 Å². The number of phenols is 1. The Kier molecular flexibility index (Phi) is 7.40. The predicted octanol–water partition coefficient (Wildman–Crippen LogP) is 6.91. The molecule has 0 aliphatic heterocycles. The molecule has 3 aromatic carbocycles. The second-order valence-electron chi connectivity index (χ2n) is 8.79. The van der Waals surface area contributed by atoms with Crippen molar-refractivity contribution in [1.82, 2.24) is 0 Å². The number of ether oxygens (including phenoxy) is 1. The first-order chi connectivity index (χ1) is 14.8. The summed E-state index contributed by atoms with van der Waals surface area (Å²) in [5, 5.41) is 21.8. The van der Waals surface area contributed by atoms with Crippen molar-refractivity contribution in [2.75, 3.05) is 0 Å². The molecule has 3 rings (SSSR count). The van der Waals surface area contributed by atoms with Gasteiger partial charge in [-0.1, -0.05) is 79.9 Å². The maximum absolute atomic E-state index is 11.0. The highest BCUT2D eigenvalue weighted by molar-refractivity contribution is 5.81. The zero-order valence-electron chi connectivity index (χ0n) is 19.1. The molecule has 3 aromatic rings. The van der Waals surface area contributed by atoms with Crippen LogP contribution in [0, 0.1) is 6.92 Å². The average Bonchev–Trinajstić information content (AvgIpc) is 2.73. The zero-order valence-corrected chi connectivity index (χ0v) is 19.1. The average molecular weight is 419 g/mol. The van der Waals surface area contributed by atoms with Gasteiger partial charge in [0.1, 0.15) is 18.1 Å². The maximum atomic E-state index is 11.0. The molecule has 2 N–H and O–H groups in total. The van der Waals surface area contributed by atoms with Crippen molar-refractivity contribution < 1.29 is 14.9 Å². The lowest BCUT2D eigenvalue weighted by Crippen LogP contribution is -2.17. The van der Waals surface area contributed by atoms with Gasteiger partial charge in [-0.05, 0) is 61.9 Å². The van der Waals surface area contributed by atoms with Gasteiger partial charge in [0, 0.05) is 0 Å². The summed E-state index contributed by atoms with van der Waals surface area (Å²) in [7, 11) is 0. The van der Waals surface area contributed by atoms with Crippen LogP contribution in [0.25, 0.3) is 11.1 Å². The molecule has 0 fully saturated rings. The van der Waals surface area contributed by atoms with E-state index in [2.05, 4.69) is 6.92 Å². The normalized spacial score (nSPS) is 11.5. The van der Waals surface area contributed by atoms with Crippen molar-refractivity contribution in [3.63, 3.8) is 0 Å². The largest absolute Gasteiger partial charge is 0.507 e. The number of aryl methyl sites for hydroxylation is 2. The molecule has 0 saturated carbocycles. The molecule has 31 heavy (non-hydrogen) atoms. The highest BCUT2D eigenvalue weighted by Gasteiger charge is 2.25. The first-order valence-electron chi connectivity index (χ1n) is 11.2. The summed E-state index contributed by atoms with van der Waals surface area (Å²) in [5.74, 6) is 0.870. The third-order valence-electron chi connectivity index (χ3n) is 5.60. The van der Waals surface area contributed by atoms with Crippen molar-refractivity contribution >= 4 is 0 Å². The molecule has 0 saturated heterocycles. The van der Waals surface area contributed by atoms with E-state index in [1.807, 2.05) is 61.5 Å². The van der Waals surface area contributed by atoms with Crippen LogP contribution < -0.4 is 4.74 Å². The summed E-state index contributed by atoms with van der Waals surface area (Å²) in [5.41, 5.74) is 4.40. The van der Waals surface area contributed by atoms with Crippen LogP contribution in [0.15, 0.2) is 60.7 Å². The fraction of sp³-hybridized carbons (Fsp3) is 0.357. The van der Waals surface area contributed by atoms with Gasteiger partial charge in [-0.3, -0.25) is 0 Å². The molecule has 3 nitrogen and oxygen atoms in total. The van der Waals surface area contributed by atoms with E-state index in [-0.39, 0.29) is 5.75 Å². The number of unbranched alkanes of at least 4 members (excludes halogenated alkanes) is 2. The van der Waals surface area contributed by atoms with Gasteiger partial charge in [0.05, 0.1) is 11.2 Å². The van der Waals surface area contributed by atoms with Gasteiger partial charge in [0.25, 0.3) is 0 Å². The molecule has 0 heterocycles. The standard InChI is InChI=1S/C28H34O3/c1-5-6-8-13-22-15-17-25(29)26(27(22)31-19-21-11-9-7-10-12-21)23-18-20(2)14-16-24(23)28(3,4)30/h7,9-12,14-18,29-30H,5-6,8,13,19H2,1-4H3. The lowest BCUT2D eigenvalue weighted by Gasteiger charge is -2.25. The molecule has 3 heteroatoms. The summed E-state index contributed by atoms with van der Waals surface area (Å²) in [6, 6.07) is 19.7. The van der Waals surface area contributed by atoms with Crippen LogP contribution in [0.2, 0.25) is 0 Å². The quantitative estimate of drug-likeness (QED) is 0.371.